The van der Waals surface area contributed by atoms with Crippen molar-refractivity contribution in [2.75, 3.05) is 13.2 Å². The van der Waals surface area contributed by atoms with E-state index >= 15 is 0 Å². The summed E-state index contributed by atoms with van der Waals surface area (Å²) in [4.78, 5) is 7.85. The monoisotopic (exact) mass is 204 g/mol. The summed E-state index contributed by atoms with van der Waals surface area (Å²) in [5.41, 5.74) is 0.307. The van der Waals surface area contributed by atoms with Gasteiger partial charge >= 0.3 is 0 Å². The van der Waals surface area contributed by atoms with Crippen LogP contribution in [0.5, 0.6) is 5.88 Å². The van der Waals surface area contributed by atoms with Crippen LogP contribution in [0.4, 0.5) is 0 Å². The lowest BCUT2D eigenvalue weighted by Gasteiger charge is -2.10. The number of rotatable bonds is 3. The summed E-state index contributed by atoms with van der Waals surface area (Å²) < 4.78 is 5.44. The number of hydrogen-bond donors (Lipinski definition) is 1. The number of hydrogen-bond acceptors (Lipinski definition) is 5. The molecule has 0 aliphatic carbocycles. The molecule has 1 aromatic heterocycles. The summed E-state index contributed by atoms with van der Waals surface area (Å²) in [7, 11) is 0. The Labute approximate surface area is 88.1 Å². The van der Waals surface area contributed by atoms with Crippen LogP contribution in [-0.4, -0.2) is 29.2 Å². The number of nitrogens with zero attached hydrogens (tertiary/aromatic N) is 3. The summed E-state index contributed by atoms with van der Waals surface area (Å²) in [6, 6.07) is 2.33. The van der Waals surface area contributed by atoms with Gasteiger partial charge in [0.25, 0.3) is 0 Å². The van der Waals surface area contributed by atoms with Crippen molar-refractivity contribution in [3.63, 3.8) is 0 Å². The lowest BCUT2D eigenvalue weighted by Crippen LogP contribution is -2.28. The van der Waals surface area contributed by atoms with Crippen LogP contribution in [0, 0.1) is 11.3 Å². The minimum absolute atomic E-state index is 0.307. The largest absolute Gasteiger partial charge is 0.475 e. The summed E-state index contributed by atoms with van der Waals surface area (Å²) in [6.45, 7) is 1.67. The van der Waals surface area contributed by atoms with Gasteiger partial charge in [-0.05, 0) is 19.4 Å². The molecule has 0 amide bonds. The highest BCUT2D eigenvalue weighted by molar-refractivity contribution is 5.18. The van der Waals surface area contributed by atoms with Crippen LogP contribution in [0.25, 0.3) is 0 Å². The van der Waals surface area contributed by atoms with Crippen molar-refractivity contribution in [2.45, 2.75) is 18.9 Å². The molecule has 1 unspecified atom stereocenters. The molecule has 1 aliphatic rings. The van der Waals surface area contributed by atoms with E-state index in [4.69, 9.17) is 10.00 Å². The topological polar surface area (TPSA) is 70.8 Å². The number of aromatic nitrogens is 2. The lowest BCUT2D eigenvalue weighted by atomic mass is 10.2. The third-order valence-corrected chi connectivity index (χ3v) is 2.34. The average molecular weight is 204 g/mol. The number of nitriles is 1. The van der Waals surface area contributed by atoms with Crippen molar-refractivity contribution >= 4 is 0 Å². The highest BCUT2D eigenvalue weighted by Crippen LogP contribution is 2.08. The maximum absolute atomic E-state index is 8.53. The predicted molar refractivity (Wildman–Crippen MR) is 53.3 cm³/mol. The van der Waals surface area contributed by atoms with Crippen LogP contribution in [0.2, 0.25) is 0 Å². The normalized spacial score (nSPS) is 19.8. The summed E-state index contributed by atoms with van der Waals surface area (Å²) in [5.74, 6) is 0.475. The van der Waals surface area contributed by atoms with Crippen LogP contribution in [0.3, 0.4) is 0 Å². The van der Waals surface area contributed by atoms with Crippen LogP contribution in [0.15, 0.2) is 12.4 Å². The zero-order valence-electron chi connectivity index (χ0n) is 8.31. The van der Waals surface area contributed by atoms with Gasteiger partial charge in [-0.2, -0.15) is 5.26 Å². The van der Waals surface area contributed by atoms with E-state index in [2.05, 4.69) is 15.3 Å². The van der Waals surface area contributed by atoms with Crippen molar-refractivity contribution in [1.29, 1.82) is 5.26 Å². The molecule has 0 bridgehead atoms. The number of ether oxygens (including phenoxy) is 1. The van der Waals surface area contributed by atoms with Gasteiger partial charge in [0.2, 0.25) is 5.88 Å². The molecule has 1 fully saturated rings. The van der Waals surface area contributed by atoms with Crippen molar-refractivity contribution in [3.05, 3.63) is 18.1 Å². The molecule has 0 radical (unpaired) electrons. The van der Waals surface area contributed by atoms with Gasteiger partial charge in [0.05, 0.1) is 12.4 Å². The molecule has 5 heteroatoms. The van der Waals surface area contributed by atoms with Crippen molar-refractivity contribution in [2.24, 2.45) is 0 Å². The first-order valence-electron chi connectivity index (χ1n) is 4.97. The first-order chi connectivity index (χ1) is 7.38. The van der Waals surface area contributed by atoms with Gasteiger partial charge in [0.1, 0.15) is 12.7 Å². The molecular weight excluding hydrogens is 192 g/mol. The predicted octanol–water partition coefficient (Wildman–Crippen LogP) is 0.479. The maximum atomic E-state index is 8.53. The van der Waals surface area contributed by atoms with Crippen molar-refractivity contribution in [3.8, 4) is 11.9 Å². The van der Waals surface area contributed by atoms with E-state index in [1.807, 2.05) is 6.07 Å². The Balaban J connectivity index is 1.85. The van der Waals surface area contributed by atoms with Crippen LogP contribution < -0.4 is 10.1 Å². The SMILES string of the molecule is N#Cc1cnc(OCC2CCCN2)cn1. The average Bonchev–Trinajstić information content (AvgIpc) is 2.80. The number of nitrogens with one attached hydrogen (secondary N) is 1. The minimum atomic E-state index is 0.307. The van der Waals surface area contributed by atoms with E-state index < -0.39 is 0 Å². The van der Waals surface area contributed by atoms with Crippen LogP contribution >= 0.6 is 0 Å². The fourth-order valence-electron chi connectivity index (χ4n) is 1.53. The fourth-order valence-corrected chi connectivity index (χ4v) is 1.53. The second-order valence-corrected chi connectivity index (χ2v) is 3.46. The Kier molecular flexibility index (Phi) is 3.10. The molecule has 1 atom stereocenters. The van der Waals surface area contributed by atoms with Crippen molar-refractivity contribution in [1.82, 2.24) is 15.3 Å². The minimum Gasteiger partial charge on any atom is -0.475 e. The third-order valence-electron chi connectivity index (χ3n) is 2.34. The van der Waals surface area contributed by atoms with Crippen molar-refractivity contribution < 1.29 is 4.74 Å². The zero-order valence-corrected chi connectivity index (χ0v) is 8.31. The Morgan fingerprint density at radius 3 is 3.07 bits per heavy atom. The molecule has 1 aromatic rings. The van der Waals surface area contributed by atoms with Gasteiger partial charge in [0, 0.05) is 6.04 Å². The summed E-state index contributed by atoms with van der Waals surface area (Å²) in [6.07, 6.45) is 5.24. The van der Waals surface area contributed by atoms with Gasteiger partial charge < -0.3 is 10.1 Å². The molecule has 1 aliphatic heterocycles. The van der Waals surface area contributed by atoms with Gasteiger partial charge in [-0.15, -0.1) is 0 Å². The highest BCUT2D eigenvalue weighted by Gasteiger charge is 2.14. The van der Waals surface area contributed by atoms with E-state index in [1.165, 1.54) is 18.8 Å². The van der Waals surface area contributed by atoms with Gasteiger partial charge in [-0.1, -0.05) is 0 Å². The molecule has 15 heavy (non-hydrogen) atoms. The first-order valence-corrected chi connectivity index (χ1v) is 4.97. The Morgan fingerprint density at radius 1 is 1.53 bits per heavy atom. The van der Waals surface area contributed by atoms with Crippen LogP contribution in [-0.2, 0) is 0 Å². The van der Waals surface area contributed by atoms with Crippen LogP contribution in [0.1, 0.15) is 18.5 Å². The smallest absolute Gasteiger partial charge is 0.232 e. The molecule has 1 saturated heterocycles. The van der Waals surface area contributed by atoms with E-state index in [-0.39, 0.29) is 0 Å². The molecule has 78 valence electrons. The second kappa shape index (κ2) is 4.71. The Morgan fingerprint density at radius 2 is 2.47 bits per heavy atom. The Bertz CT molecular complexity index is 351. The van der Waals surface area contributed by atoms with E-state index in [0.717, 1.165) is 13.0 Å². The molecule has 5 nitrogen and oxygen atoms in total. The van der Waals surface area contributed by atoms with Gasteiger partial charge in [0.15, 0.2) is 5.69 Å². The first kappa shape index (κ1) is 9.87. The fraction of sp³-hybridized carbons (Fsp3) is 0.500. The standard InChI is InChI=1S/C10H12N4O/c11-4-9-5-14-10(6-13-9)15-7-8-2-1-3-12-8/h5-6,8,12H,1-3,7H2. The Hall–Kier alpha value is -1.67. The molecule has 1 N–H and O–H groups in total. The third kappa shape index (κ3) is 2.64. The zero-order chi connectivity index (χ0) is 10.5. The lowest BCUT2D eigenvalue weighted by molar-refractivity contribution is 0.266. The quantitative estimate of drug-likeness (QED) is 0.775. The molecule has 0 spiro atoms. The van der Waals surface area contributed by atoms with Gasteiger partial charge in [-0.3, -0.25) is 0 Å². The summed E-state index contributed by atoms with van der Waals surface area (Å²) in [5, 5.41) is 11.9. The molecule has 2 rings (SSSR count). The highest BCUT2D eigenvalue weighted by atomic mass is 16.5. The van der Waals surface area contributed by atoms with E-state index in [1.54, 1.807) is 0 Å². The molecule has 2 heterocycles. The van der Waals surface area contributed by atoms with Gasteiger partial charge in [-0.25, -0.2) is 9.97 Å². The van der Waals surface area contributed by atoms with E-state index in [0.29, 0.717) is 24.2 Å². The van der Waals surface area contributed by atoms with E-state index in [9.17, 15) is 0 Å². The molecule has 0 saturated carbocycles. The second-order valence-electron chi connectivity index (χ2n) is 3.46. The summed E-state index contributed by atoms with van der Waals surface area (Å²) >= 11 is 0. The molecular formula is C10H12N4O. The maximum Gasteiger partial charge on any atom is 0.232 e. The molecule has 0 aromatic carbocycles.